The highest BCUT2D eigenvalue weighted by atomic mass is 19.2. The third-order valence-corrected chi connectivity index (χ3v) is 5.08. The van der Waals surface area contributed by atoms with Gasteiger partial charge in [-0.1, -0.05) is 6.07 Å². The average Bonchev–Trinajstić information content (AvgIpc) is 2.73. The molecule has 3 rings (SSSR count). The van der Waals surface area contributed by atoms with Crippen molar-refractivity contribution >= 4 is 5.96 Å². The Balaban J connectivity index is 1.53. The maximum Gasteiger partial charge on any atom is 0.191 e. The van der Waals surface area contributed by atoms with Crippen LogP contribution in [0, 0.1) is 23.3 Å². The molecule has 1 fully saturated rings. The van der Waals surface area contributed by atoms with Crippen LogP contribution in [0.5, 0.6) is 0 Å². The zero-order chi connectivity index (χ0) is 21.5. The minimum absolute atomic E-state index is 0.0356. The van der Waals surface area contributed by atoms with Crippen LogP contribution in [-0.2, 0) is 13.1 Å². The van der Waals surface area contributed by atoms with Crippen molar-refractivity contribution < 1.29 is 17.6 Å². The first-order chi connectivity index (χ1) is 14.4. The smallest absolute Gasteiger partial charge is 0.191 e. The minimum atomic E-state index is -0.838. The fraction of sp³-hybridized carbons (Fsp3) is 0.409. The molecule has 0 aliphatic carbocycles. The molecule has 2 aromatic carbocycles. The summed E-state index contributed by atoms with van der Waals surface area (Å²) >= 11 is 0. The fourth-order valence-corrected chi connectivity index (χ4v) is 3.47. The Labute approximate surface area is 174 Å². The molecule has 1 aliphatic rings. The van der Waals surface area contributed by atoms with Crippen molar-refractivity contribution in [3.05, 3.63) is 70.8 Å². The van der Waals surface area contributed by atoms with Gasteiger partial charge in [0.2, 0.25) is 0 Å². The molecule has 4 nitrogen and oxygen atoms in total. The van der Waals surface area contributed by atoms with Gasteiger partial charge in [0.1, 0.15) is 11.6 Å². The van der Waals surface area contributed by atoms with E-state index in [4.69, 9.17) is 0 Å². The van der Waals surface area contributed by atoms with Gasteiger partial charge in [-0.15, -0.1) is 0 Å². The lowest BCUT2D eigenvalue weighted by atomic mass is 10.0. The van der Waals surface area contributed by atoms with Gasteiger partial charge in [-0.25, -0.2) is 22.6 Å². The van der Waals surface area contributed by atoms with Crippen LogP contribution in [0.4, 0.5) is 17.6 Å². The molecule has 0 bridgehead atoms. The summed E-state index contributed by atoms with van der Waals surface area (Å²) in [5.74, 6) is -2.09. The Morgan fingerprint density at radius 1 is 1.00 bits per heavy atom. The topological polar surface area (TPSA) is 39.7 Å². The highest BCUT2D eigenvalue weighted by Crippen LogP contribution is 2.16. The van der Waals surface area contributed by atoms with E-state index >= 15 is 0 Å². The van der Waals surface area contributed by atoms with Crippen LogP contribution in [0.1, 0.15) is 30.9 Å². The molecular formula is C22H26F4N4. The lowest BCUT2D eigenvalue weighted by Crippen LogP contribution is -2.48. The van der Waals surface area contributed by atoms with Crippen molar-refractivity contribution in [1.82, 2.24) is 15.5 Å². The minimum Gasteiger partial charge on any atom is -0.357 e. The van der Waals surface area contributed by atoms with Crippen LogP contribution >= 0.6 is 0 Å². The predicted octanol–water partition coefficient (Wildman–Crippen LogP) is 3.96. The summed E-state index contributed by atoms with van der Waals surface area (Å²) in [6.07, 6.45) is 1.70. The van der Waals surface area contributed by atoms with Gasteiger partial charge >= 0.3 is 0 Å². The molecule has 1 saturated heterocycles. The highest BCUT2D eigenvalue weighted by molar-refractivity contribution is 5.80. The second-order valence-electron chi connectivity index (χ2n) is 7.37. The van der Waals surface area contributed by atoms with Crippen LogP contribution in [0.25, 0.3) is 0 Å². The van der Waals surface area contributed by atoms with Crippen LogP contribution in [-0.4, -0.2) is 36.5 Å². The highest BCUT2D eigenvalue weighted by Gasteiger charge is 2.20. The van der Waals surface area contributed by atoms with Crippen molar-refractivity contribution in [2.45, 2.75) is 38.9 Å². The fourth-order valence-electron chi connectivity index (χ4n) is 3.47. The van der Waals surface area contributed by atoms with Gasteiger partial charge in [0.25, 0.3) is 0 Å². The number of nitrogens with zero attached hydrogens (tertiary/aromatic N) is 2. The number of hydrogen-bond acceptors (Lipinski definition) is 2. The standard InChI is InChI=1S/C22H26F4N4/c1-2-27-22(28-13-16-12-17(23)4-6-19(16)24)29-18-7-9-30(10-8-18)14-15-3-5-20(25)21(26)11-15/h3-6,11-12,18H,2,7-10,13-14H2,1H3,(H2,27,28,29). The zero-order valence-corrected chi connectivity index (χ0v) is 16.9. The van der Waals surface area contributed by atoms with E-state index < -0.39 is 23.3 Å². The quantitative estimate of drug-likeness (QED) is 0.421. The largest absolute Gasteiger partial charge is 0.357 e. The first-order valence-corrected chi connectivity index (χ1v) is 10.1. The van der Waals surface area contributed by atoms with Crippen molar-refractivity contribution in [1.29, 1.82) is 0 Å². The van der Waals surface area contributed by atoms with Gasteiger partial charge in [-0.05, 0) is 55.7 Å². The number of aliphatic imine (C=N–C) groups is 1. The Hall–Kier alpha value is -2.61. The van der Waals surface area contributed by atoms with Crippen molar-refractivity contribution in [3.63, 3.8) is 0 Å². The van der Waals surface area contributed by atoms with Crippen molar-refractivity contribution in [3.8, 4) is 0 Å². The summed E-state index contributed by atoms with van der Waals surface area (Å²) in [6.45, 7) is 4.78. The molecule has 0 amide bonds. The van der Waals surface area contributed by atoms with E-state index in [0.717, 1.165) is 55.8 Å². The van der Waals surface area contributed by atoms with E-state index in [1.54, 1.807) is 6.07 Å². The molecule has 0 atom stereocenters. The Bertz CT molecular complexity index is 879. The first-order valence-electron chi connectivity index (χ1n) is 10.1. The van der Waals surface area contributed by atoms with Crippen molar-refractivity contribution in [2.24, 2.45) is 4.99 Å². The molecule has 0 radical (unpaired) electrons. The molecular weight excluding hydrogens is 396 g/mol. The van der Waals surface area contributed by atoms with E-state index in [-0.39, 0.29) is 18.2 Å². The first kappa shape index (κ1) is 22.1. The van der Waals surface area contributed by atoms with E-state index in [1.165, 1.54) is 6.07 Å². The Morgan fingerprint density at radius 2 is 1.73 bits per heavy atom. The second kappa shape index (κ2) is 10.4. The monoisotopic (exact) mass is 422 g/mol. The SMILES string of the molecule is CCNC(=NCc1cc(F)ccc1F)NC1CCN(Cc2ccc(F)c(F)c2)CC1. The maximum atomic E-state index is 13.8. The summed E-state index contributed by atoms with van der Waals surface area (Å²) in [5, 5.41) is 6.48. The number of guanidine groups is 1. The lowest BCUT2D eigenvalue weighted by molar-refractivity contribution is 0.198. The molecule has 30 heavy (non-hydrogen) atoms. The number of likely N-dealkylation sites (tertiary alicyclic amines) is 1. The van der Waals surface area contributed by atoms with E-state index in [1.807, 2.05) is 6.92 Å². The number of rotatable bonds is 6. The van der Waals surface area contributed by atoms with Gasteiger partial charge in [0.15, 0.2) is 17.6 Å². The molecule has 1 heterocycles. The summed E-state index contributed by atoms with van der Waals surface area (Å²) < 4.78 is 53.6. The molecule has 0 unspecified atom stereocenters. The van der Waals surface area contributed by atoms with Gasteiger partial charge < -0.3 is 10.6 Å². The number of hydrogen-bond donors (Lipinski definition) is 2. The summed E-state index contributed by atoms with van der Waals surface area (Å²) in [5.41, 5.74) is 0.945. The molecule has 1 aliphatic heterocycles. The summed E-state index contributed by atoms with van der Waals surface area (Å²) in [7, 11) is 0. The van der Waals surface area contributed by atoms with Crippen LogP contribution in [0.2, 0.25) is 0 Å². The van der Waals surface area contributed by atoms with Gasteiger partial charge in [-0.2, -0.15) is 0 Å². The van der Waals surface area contributed by atoms with E-state index in [2.05, 4.69) is 20.5 Å². The van der Waals surface area contributed by atoms with Gasteiger partial charge in [-0.3, -0.25) is 4.90 Å². The number of halogens is 4. The van der Waals surface area contributed by atoms with E-state index in [9.17, 15) is 17.6 Å². The summed E-state index contributed by atoms with van der Waals surface area (Å²) in [6, 6.07) is 7.51. The Morgan fingerprint density at radius 3 is 2.43 bits per heavy atom. The average molecular weight is 422 g/mol. The van der Waals surface area contributed by atoms with Crippen LogP contribution in [0.3, 0.4) is 0 Å². The van der Waals surface area contributed by atoms with Crippen LogP contribution < -0.4 is 10.6 Å². The number of benzene rings is 2. The second-order valence-corrected chi connectivity index (χ2v) is 7.37. The van der Waals surface area contributed by atoms with E-state index in [0.29, 0.717) is 19.0 Å². The molecule has 8 heteroatoms. The number of nitrogens with one attached hydrogen (secondary N) is 2. The summed E-state index contributed by atoms with van der Waals surface area (Å²) in [4.78, 5) is 6.57. The zero-order valence-electron chi connectivity index (χ0n) is 16.9. The molecule has 2 aromatic rings. The van der Waals surface area contributed by atoms with Crippen LogP contribution in [0.15, 0.2) is 41.4 Å². The molecule has 0 saturated carbocycles. The Kier molecular flexibility index (Phi) is 7.68. The molecule has 162 valence electrons. The van der Waals surface area contributed by atoms with Gasteiger partial charge in [0.05, 0.1) is 6.54 Å². The molecule has 0 aromatic heterocycles. The van der Waals surface area contributed by atoms with Gasteiger partial charge in [0, 0.05) is 37.8 Å². The third kappa shape index (κ3) is 6.19. The third-order valence-electron chi connectivity index (χ3n) is 5.08. The number of piperidine rings is 1. The molecule has 0 spiro atoms. The molecule has 2 N–H and O–H groups in total. The normalized spacial score (nSPS) is 16.0. The predicted molar refractivity (Wildman–Crippen MR) is 109 cm³/mol. The van der Waals surface area contributed by atoms with Crippen molar-refractivity contribution in [2.75, 3.05) is 19.6 Å². The lowest BCUT2D eigenvalue weighted by Gasteiger charge is -2.33. The maximum absolute atomic E-state index is 13.8.